The third-order valence-electron chi connectivity index (χ3n) is 7.19. The number of carbonyl (C=O) groups excluding carboxylic acids is 3. The number of benzene rings is 2. The van der Waals surface area contributed by atoms with Crippen LogP contribution in [0.15, 0.2) is 60.7 Å². The first-order valence-electron chi connectivity index (χ1n) is 13.1. The third kappa shape index (κ3) is 6.94. The Bertz CT molecular complexity index is 1010. The zero-order chi connectivity index (χ0) is 25.5. The average molecular weight is 491 g/mol. The lowest BCUT2D eigenvalue weighted by molar-refractivity contribution is -0.137. The van der Waals surface area contributed by atoms with Gasteiger partial charge in [0.1, 0.15) is 6.04 Å². The van der Waals surface area contributed by atoms with Gasteiger partial charge in [-0.2, -0.15) is 0 Å². The standard InChI is InChI=1S/C29H38N4O3/c1-22-17-23(2)20-33(19-22)27(34)21-31-13-15-32(16-14-31)29(36)26(18-24-9-5-3-6-10-24)30-28(35)25-11-7-4-8-12-25/h3-12,22-23,26H,13-21H2,1-2H3,(H,30,35)/t22-,23-,26-/m1/s1. The van der Waals surface area contributed by atoms with Crippen molar-refractivity contribution in [3.8, 4) is 0 Å². The Morgan fingerprint density at radius 1 is 0.833 bits per heavy atom. The zero-order valence-electron chi connectivity index (χ0n) is 21.4. The maximum atomic E-state index is 13.5. The van der Waals surface area contributed by atoms with Gasteiger partial charge in [0.05, 0.1) is 6.54 Å². The van der Waals surface area contributed by atoms with Gasteiger partial charge in [0.15, 0.2) is 0 Å². The van der Waals surface area contributed by atoms with E-state index in [-0.39, 0.29) is 17.7 Å². The van der Waals surface area contributed by atoms with Crippen molar-refractivity contribution < 1.29 is 14.4 Å². The number of nitrogens with one attached hydrogen (secondary N) is 1. The summed E-state index contributed by atoms with van der Waals surface area (Å²) in [5.74, 6) is 0.941. The van der Waals surface area contributed by atoms with Gasteiger partial charge in [-0.1, -0.05) is 62.4 Å². The molecule has 0 aromatic heterocycles. The Balaban J connectivity index is 1.35. The molecule has 7 nitrogen and oxygen atoms in total. The molecule has 2 heterocycles. The van der Waals surface area contributed by atoms with E-state index in [9.17, 15) is 14.4 Å². The number of amides is 3. The van der Waals surface area contributed by atoms with E-state index < -0.39 is 6.04 Å². The van der Waals surface area contributed by atoms with Crippen molar-refractivity contribution in [3.63, 3.8) is 0 Å². The summed E-state index contributed by atoms with van der Waals surface area (Å²) in [6, 6.07) is 18.1. The first-order valence-corrected chi connectivity index (χ1v) is 13.1. The second-order valence-corrected chi connectivity index (χ2v) is 10.4. The largest absolute Gasteiger partial charge is 0.341 e. The van der Waals surface area contributed by atoms with Crippen LogP contribution in [0.25, 0.3) is 0 Å². The molecule has 2 aromatic rings. The molecular formula is C29H38N4O3. The monoisotopic (exact) mass is 490 g/mol. The Morgan fingerprint density at radius 2 is 1.42 bits per heavy atom. The van der Waals surface area contributed by atoms with Crippen LogP contribution in [0.2, 0.25) is 0 Å². The number of hydrogen-bond donors (Lipinski definition) is 1. The second-order valence-electron chi connectivity index (χ2n) is 10.4. The topological polar surface area (TPSA) is 73.0 Å². The molecule has 0 spiro atoms. The number of hydrogen-bond acceptors (Lipinski definition) is 4. The second kappa shape index (κ2) is 12.2. The lowest BCUT2D eigenvalue weighted by Crippen LogP contribution is -2.57. The quantitative estimate of drug-likeness (QED) is 0.648. The van der Waals surface area contributed by atoms with Gasteiger partial charge < -0.3 is 15.1 Å². The molecule has 36 heavy (non-hydrogen) atoms. The van der Waals surface area contributed by atoms with Gasteiger partial charge in [0.2, 0.25) is 11.8 Å². The molecule has 2 aromatic carbocycles. The summed E-state index contributed by atoms with van der Waals surface area (Å²) < 4.78 is 0. The van der Waals surface area contributed by atoms with E-state index in [4.69, 9.17) is 0 Å². The number of nitrogens with zero attached hydrogens (tertiary/aromatic N) is 3. The van der Waals surface area contributed by atoms with E-state index in [0.717, 1.165) is 18.7 Å². The highest BCUT2D eigenvalue weighted by Crippen LogP contribution is 2.21. The minimum absolute atomic E-state index is 0.0761. The number of likely N-dealkylation sites (tertiary alicyclic amines) is 1. The van der Waals surface area contributed by atoms with Crippen LogP contribution in [-0.2, 0) is 16.0 Å². The highest BCUT2D eigenvalue weighted by atomic mass is 16.2. The summed E-state index contributed by atoms with van der Waals surface area (Å²) in [6.07, 6.45) is 1.61. The number of carbonyl (C=O) groups is 3. The van der Waals surface area contributed by atoms with Gasteiger partial charge in [-0.05, 0) is 36.0 Å². The van der Waals surface area contributed by atoms with Crippen LogP contribution >= 0.6 is 0 Å². The predicted octanol–water partition coefficient (Wildman–Crippen LogP) is 2.68. The summed E-state index contributed by atoms with van der Waals surface area (Å²) in [4.78, 5) is 45.3. The maximum Gasteiger partial charge on any atom is 0.251 e. The van der Waals surface area contributed by atoms with E-state index in [1.54, 1.807) is 12.1 Å². The van der Waals surface area contributed by atoms with Crippen molar-refractivity contribution in [2.45, 2.75) is 32.7 Å². The first kappa shape index (κ1) is 25.9. The van der Waals surface area contributed by atoms with Gasteiger partial charge in [-0.15, -0.1) is 0 Å². The van der Waals surface area contributed by atoms with Crippen LogP contribution in [0, 0.1) is 11.8 Å². The highest BCUT2D eigenvalue weighted by molar-refractivity contribution is 5.97. The van der Waals surface area contributed by atoms with E-state index in [1.807, 2.05) is 58.3 Å². The van der Waals surface area contributed by atoms with Crippen molar-refractivity contribution >= 4 is 17.7 Å². The lowest BCUT2D eigenvalue weighted by atomic mass is 9.92. The van der Waals surface area contributed by atoms with Gasteiger partial charge in [0.25, 0.3) is 5.91 Å². The molecule has 2 aliphatic heterocycles. The zero-order valence-corrected chi connectivity index (χ0v) is 21.4. The summed E-state index contributed by atoms with van der Waals surface area (Å²) in [7, 11) is 0. The average Bonchev–Trinajstić information content (AvgIpc) is 2.89. The lowest BCUT2D eigenvalue weighted by Gasteiger charge is -2.39. The molecule has 192 valence electrons. The molecule has 4 rings (SSSR count). The Labute approximate surface area is 214 Å². The fraction of sp³-hybridized carbons (Fsp3) is 0.483. The summed E-state index contributed by atoms with van der Waals surface area (Å²) in [5, 5.41) is 2.97. The smallest absolute Gasteiger partial charge is 0.251 e. The van der Waals surface area contributed by atoms with Gasteiger partial charge >= 0.3 is 0 Å². The Morgan fingerprint density at radius 3 is 2.03 bits per heavy atom. The third-order valence-corrected chi connectivity index (χ3v) is 7.19. The molecule has 0 unspecified atom stereocenters. The van der Waals surface area contributed by atoms with Crippen molar-refractivity contribution in [1.82, 2.24) is 20.0 Å². The molecule has 0 aliphatic carbocycles. The normalized spacial score (nSPS) is 21.6. The molecule has 2 fully saturated rings. The molecule has 0 saturated carbocycles. The van der Waals surface area contributed by atoms with Gasteiger partial charge in [0, 0.05) is 51.3 Å². The minimum Gasteiger partial charge on any atom is -0.341 e. The van der Waals surface area contributed by atoms with Crippen molar-refractivity contribution in [3.05, 3.63) is 71.8 Å². The number of piperidine rings is 1. The molecule has 0 bridgehead atoms. The Hall–Kier alpha value is -3.19. The molecule has 1 N–H and O–H groups in total. The van der Waals surface area contributed by atoms with Gasteiger partial charge in [-0.3, -0.25) is 19.3 Å². The highest BCUT2D eigenvalue weighted by Gasteiger charge is 2.31. The summed E-state index contributed by atoms with van der Waals surface area (Å²) in [5.41, 5.74) is 1.53. The van der Waals surface area contributed by atoms with E-state index in [2.05, 4.69) is 24.1 Å². The summed E-state index contributed by atoms with van der Waals surface area (Å²) >= 11 is 0. The fourth-order valence-corrected chi connectivity index (χ4v) is 5.39. The van der Waals surface area contributed by atoms with E-state index in [0.29, 0.717) is 56.5 Å². The first-order chi connectivity index (χ1) is 17.4. The van der Waals surface area contributed by atoms with E-state index in [1.165, 1.54) is 6.42 Å². The number of rotatable bonds is 7. The van der Waals surface area contributed by atoms with Crippen molar-refractivity contribution in [1.29, 1.82) is 0 Å². The Kier molecular flexibility index (Phi) is 8.75. The van der Waals surface area contributed by atoms with Crippen molar-refractivity contribution in [2.24, 2.45) is 11.8 Å². The van der Waals surface area contributed by atoms with Crippen LogP contribution in [0.5, 0.6) is 0 Å². The predicted molar refractivity (Wildman–Crippen MR) is 140 cm³/mol. The summed E-state index contributed by atoms with van der Waals surface area (Å²) in [6.45, 7) is 8.90. The maximum absolute atomic E-state index is 13.5. The van der Waals surface area contributed by atoms with Crippen LogP contribution in [-0.4, -0.2) is 84.3 Å². The minimum atomic E-state index is -0.649. The number of piperazine rings is 1. The van der Waals surface area contributed by atoms with Crippen molar-refractivity contribution in [2.75, 3.05) is 45.8 Å². The molecule has 2 aliphatic rings. The van der Waals surface area contributed by atoms with Crippen LogP contribution in [0.3, 0.4) is 0 Å². The molecule has 2 saturated heterocycles. The molecule has 3 amide bonds. The fourth-order valence-electron chi connectivity index (χ4n) is 5.39. The van der Waals surface area contributed by atoms with Crippen LogP contribution in [0.4, 0.5) is 0 Å². The molecule has 3 atom stereocenters. The van der Waals surface area contributed by atoms with Crippen LogP contribution in [0.1, 0.15) is 36.2 Å². The SMILES string of the molecule is C[C@@H]1C[C@@H](C)CN(C(=O)CN2CCN(C(=O)[C@@H](Cc3ccccc3)NC(=O)c3ccccc3)CC2)C1. The van der Waals surface area contributed by atoms with Crippen LogP contribution < -0.4 is 5.32 Å². The van der Waals surface area contributed by atoms with Gasteiger partial charge in [-0.25, -0.2) is 0 Å². The molecule has 7 heteroatoms. The van der Waals surface area contributed by atoms with E-state index >= 15 is 0 Å². The molecule has 0 radical (unpaired) electrons. The molecular weight excluding hydrogens is 452 g/mol.